The van der Waals surface area contributed by atoms with Gasteiger partial charge < -0.3 is 19.5 Å². The smallest absolute Gasteiger partial charge is 0.406 e. The molecule has 0 unspecified atom stereocenters. The molecule has 2 aromatic carbocycles. The highest BCUT2D eigenvalue weighted by molar-refractivity contribution is 5.96. The summed E-state index contributed by atoms with van der Waals surface area (Å²) in [6, 6.07) is 13.0. The van der Waals surface area contributed by atoms with Crippen LogP contribution in [0.25, 0.3) is 16.7 Å². The molecule has 220 valence electrons. The normalized spacial score (nSPS) is 14.6. The van der Waals surface area contributed by atoms with Crippen molar-refractivity contribution in [1.29, 1.82) is 0 Å². The first-order chi connectivity index (χ1) is 20.1. The number of alkyl halides is 3. The second-order valence-corrected chi connectivity index (χ2v) is 9.81. The van der Waals surface area contributed by atoms with E-state index in [2.05, 4.69) is 54.3 Å². The maximum absolute atomic E-state index is 13.2. The lowest BCUT2D eigenvalue weighted by molar-refractivity contribution is -0.274. The highest BCUT2D eigenvalue weighted by Gasteiger charge is 2.31. The average Bonchev–Trinajstić information content (AvgIpc) is 2.98. The number of carbonyl (C=O) groups is 1. The van der Waals surface area contributed by atoms with E-state index in [9.17, 15) is 22.8 Å². The van der Waals surface area contributed by atoms with E-state index in [1.54, 1.807) is 0 Å². The molecular weight excluding hydrogens is 553 g/mol. The highest BCUT2D eigenvalue weighted by Crippen LogP contribution is 2.29. The van der Waals surface area contributed by atoms with Gasteiger partial charge in [0.25, 0.3) is 5.91 Å². The lowest BCUT2D eigenvalue weighted by Gasteiger charge is -2.31. The molecule has 0 bridgehead atoms. The quantitative estimate of drug-likeness (QED) is 0.282. The zero-order chi connectivity index (χ0) is 29.9. The van der Waals surface area contributed by atoms with Gasteiger partial charge in [0.2, 0.25) is 11.4 Å². The van der Waals surface area contributed by atoms with Crippen molar-refractivity contribution in [2.45, 2.75) is 32.0 Å². The van der Waals surface area contributed by atoms with Crippen LogP contribution >= 0.6 is 0 Å². The zero-order valence-electron chi connectivity index (χ0n) is 22.9. The van der Waals surface area contributed by atoms with E-state index in [4.69, 9.17) is 0 Å². The van der Waals surface area contributed by atoms with Gasteiger partial charge in [-0.2, -0.15) is 4.98 Å². The predicted molar refractivity (Wildman–Crippen MR) is 150 cm³/mol. The second kappa shape index (κ2) is 12.2. The molecule has 0 atom stereocenters. The fourth-order valence-corrected chi connectivity index (χ4v) is 5.04. The van der Waals surface area contributed by atoms with Crippen LogP contribution in [0, 0.1) is 0 Å². The molecule has 1 amide bonds. The van der Waals surface area contributed by atoms with Crippen LogP contribution in [0.15, 0.2) is 65.7 Å². The minimum atomic E-state index is -4.85. The van der Waals surface area contributed by atoms with Gasteiger partial charge in [0.1, 0.15) is 11.3 Å². The molecule has 3 heterocycles. The lowest BCUT2D eigenvalue weighted by atomic mass is 9.89. The third-order valence-corrected chi connectivity index (χ3v) is 7.21. The largest absolute Gasteiger partial charge is 0.573 e. The number of rotatable bonds is 8. The van der Waals surface area contributed by atoms with Crippen molar-refractivity contribution in [3.63, 3.8) is 0 Å². The average molecular weight is 583 g/mol. The number of benzene rings is 2. The number of nitrogens with zero attached hydrogens (tertiary/aromatic N) is 4. The number of carbonyl (C=O) groups excluding carboxylic acids is 1. The summed E-state index contributed by atoms with van der Waals surface area (Å²) in [5.74, 6) is -0.542. The van der Waals surface area contributed by atoms with Gasteiger partial charge in [0.05, 0.1) is 12.5 Å². The number of halogens is 3. The van der Waals surface area contributed by atoms with Gasteiger partial charge in [0, 0.05) is 23.8 Å². The number of ether oxygens (including phenoxy) is 1. The SMILES string of the molecule is CCN1CCC(c2ccc(Nc3ncc4c(=O)c(C(=O)NOC)cn(-c5ccc(OC(F)(F)F)cc5)c4n3)cc2)CC1. The fourth-order valence-electron chi connectivity index (χ4n) is 5.04. The molecule has 1 aliphatic rings. The Morgan fingerprint density at radius 2 is 1.76 bits per heavy atom. The number of hydroxylamine groups is 1. The Bertz CT molecular complexity index is 1620. The van der Waals surface area contributed by atoms with Gasteiger partial charge in [-0.05, 0) is 80.4 Å². The van der Waals surface area contributed by atoms with Crippen LogP contribution in [0.2, 0.25) is 0 Å². The van der Waals surface area contributed by atoms with Gasteiger partial charge in [0.15, 0.2) is 5.65 Å². The molecule has 2 N–H and O–H groups in total. The molecule has 5 rings (SSSR count). The van der Waals surface area contributed by atoms with E-state index >= 15 is 0 Å². The molecule has 2 aromatic heterocycles. The van der Waals surface area contributed by atoms with Crippen molar-refractivity contribution < 1.29 is 27.5 Å². The molecule has 0 aliphatic carbocycles. The van der Waals surface area contributed by atoms with Crippen molar-refractivity contribution in [3.8, 4) is 11.4 Å². The third-order valence-electron chi connectivity index (χ3n) is 7.21. The number of hydrogen-bond acceptors (Lipinski definition) is 8. The van der Waals surface area contributed by atoms with E-state index < -0.39 is 23.4 Å². The molecule has 13 heteroatoms. The third kappa shape index (κ3) is 6.52. The maximum Gasteiger partial charge on any atom is 0.573 e. The number of amides is 1. The van der Waals surface area contributed by atoms with Crippen LogP contribution in [0.5, 0.6) is 5.75 Å². The molecule has 0 saturated carbocycles. The molecule has 4 aromatic rings. The van der Waals surface area contributed by atoms with E-state index in [0.717, 1.165) is 50.3 Å². The standard InChI is InChI=1S/C29H29F3N6O4/c1-3-37-14-12-19(13-15-37)18-4-6-20(7-5-18)34-28-33-16-23-25(39)24(27(40)36-41-2)17-38(26(23)35-28)21-8-10-22(11-9-21)42-29(30,31)32/h4-11,16-17,19H,3,12-15H2,1-2H3,(H,36,40)(H,33,34,35). The fraction of sp³-hybridized carbons (Fsp3) is 0.310. The predicted octanol–water partition coefficient (Wildman–Crippen LogP) is 4.91. The molecule has 0 radical (unpaired) electrons. The van der Waals surface area contributed by atoms with E-state index in [1.807, 2.05) is 12.1 Å². The number of anilines is 2. The lowest BCUT2D eigenvalue weighted by Crippen LogP contribution is -2.32. The van der Waals surface area contributed by atoms with E-state index in [1.165, 1.54) is 41.8 Å². The van der Waals surface area contributed by atoms with Crippen molar-refractivity contribution >= 4 is 28.6 Å². The zero-order valence-corrected chi connectivity index (χ0v) is 22.9. The number of aromatic nitrogens is 3. The molecule has 1 aliphatic heterocycles. The summed E-state index contributed by atoms with van der Waals surface area (Å²) in [6.07, 6.45) is -0.0902. The van der Waals surface area contributed by atoms with Crippen LogP contribution in [-0.2, 0) is 4.84 Å². The molecule has 1 saturated heterocycles. The van der Waals surface area contributed by atoms with E-state index in [0.29, 0.717) is 11.6 Å². The van der Waals surface area contributed by atoms with Crippen LogP contribution in [0.4, 0.5) is 24.8 Å². The van der Waals surface area contributed by atoms with Crippen LogP contribution in [0.1, 0.15) is 41.6 Å². The molecule has 1 fully saturated rings. The number of likely N-dealkylation sites (tertiary alicyclic amines) is 1. The second-order valence-electron chi connectivity index (χ2n) is 9.81. The topological polar surface area (TPSA) is 111 Å². The minimum Gasteiger partial charge on any atom is -0.406 e. The van der Waals surface area contributed by atoms with Gasteiger partial charge in [-0.1, -0.05) is 19.1 Å². The summed E-state index contributed by atoms with van der Waals surface area (Å²) in [6.45, 7) is 5.41. The van der Waals surface area contributed by atoms with Crippen molar-refractivity contribution in [1.82, 2.24) is 24.9 Å². The number of hydrogen-bond donors (Lipinski definition) is 2. The van der Waals surface area contributed by atoms with Crippen LogP contribution in [-0.4, -0.2) is 58.4 Å². The Balaban J connectivity index is 1.47. The Kier molecular flexibility index (Phi) is 8.41. The monoisotopic (exact) mass is 582 g/mol. The molecule has 10 nitrogen and oxygen atoms in total. The van der Waals surface area contributed by atoms with Crippen molar-refractivity contribution in [3.05, 3.63) is 82.3 Å². The first-order valence-corrected chi connectivity index (χ1v) is 13.4. The number of piperidine rings is 1. The summed E-state index contributed by atoms with van der Waals surface area (Å²) in [4.78, 5) is 41.6. The molecule has 0 spiro atoms. The number of nitrogens with one attached hydrogen (secondary N) is 2. The maximum atomic E-state index is 13.2. The van der Waals surface area contributed by atoms with E-state index in [-0.39, 0.29) is 22.5 Å². The van der Waals surface area contributed by atoms with Crippen molar-refractivity contribution in [2.24, 2.45) is 0 Å². The van der Waals surface area contributed by atoms with Gasteiger partial charge >= 0.3 is 6.36 Å². The van der Waals surface area contributed by atoms with Crippen molar-refractivity contribution in [2.75, 3.05) is 32.1 Å². The molecule has 42 heavy (non-hydrogen) atoms. The summed E-state index contributed by atoms with van der Waals surface area (Å²) in [7, 11) is 1.22. The van der Waals surface area contributed by atoms with Gasteiger partial charge in [-0.25, -0.2) is 10.5 Å². The summed E-state index contributed by atoms with van der Waals surface area (Å²) >= 11 is 0. The van der Waals surface area contributed by atoms with Gasteiger partial charge in [-0.15, -0.1) is 13.2 Å². The first-order valence-electron chi connectivity index (χ1n) is 13.4. The first kappa shape index (κ1) is 29.0. The van der Waals surface area contributed by atoms with Gasteiger partial charge in [-0.3, -0.25) is 14.4 Å². The Morgan fingerprint density at radius 3 is 2.38 bits per heavy atom. The molecular formula is C29H29F3N6O4. The van der Waals surface area contributed by atoms with Crippen LogP contribution < -0.4 is 21.0 Å². The Morgan fingerprint density at radius 1 is 1.07 bits per heavy atom. The summed E-state index contributed by atoms with van der Waals surface area (Å²) in [5.41, 5.74) is 3.66. The Hall–Kier alpha value is -4.49. The Labute approximate surface area is 239 Å². The number of pyridine rings is 1. The summed E-state index contributed by atoms with van der Waals surface area (Å²) in [5, 5.41) is 3.16. The minimum absolute atomic E-state index is 0.0219. The van der Waals surface area contributed by atoms with Crippen LogP contribution in [0.3, 0.4) is 0 Å². The summed E-state index contributed by atoms with van der Waals surface area (Å²) < 4.78 is 43.3. The highest BCUT2D eigenvalue weighted by atomic mass is 19.4. The number of fused-ring (bicyclic) bond motifs is 1.